The number of hydrogen-bond acceptors (Lipinski definition) is 3. The van der Waals surface area contributed by atoms with Crippen molar-refractivity contribution in [1.29, 1.82) is 0 Å². The van der Waals surface area contributed by atoms with E-state index in [1.54, 1.807) is 20.0 Å². The lowest BCUT2D eigenvalue weighted by molar-refractivity contribution is -0.0498. The van der Waals surface area contributed by atoms with E-state index in [1.807, 2.05) is 0 Å². The van der Waals surface area contributed by atoms with Crippen molar-refractivity contribution >= 4 is 5.91 Å². The molecule has 0 aliphatic heterocycles. The summed E-state index contributed by atoms with van der Waals surface area (Å²) in [4.78, 5) is 13.4. The third-order valence-electron chi connectivity index (χ3n) is 2.21. The summed E-state index contributed by atoms with van der Waals surface area (Å²) in [7, 11) is 1.60. The van der Waals surface area contributed by atoms with Crippen molar-refractivity contribution < 1.29 is 18.3 Å². The standard InChI is InChI=1S/C12H16F2N2O2/c1-8(15)7-16(2)11(17)9-4-3-5-10(6-9)18-12(13)14/h3-6,8,12H,7,15H2,1-2H3. The average Bonchev–Trinajstić information content (AvgIpc) is 2.26. The van der Waals surface area contributed by atoms with Gasteiger partial charge in [-0.1, -0.05) is 6.07 Å². The Labute approximate surface area is 104 Å². The molecule has 0 spiro atoms. The van der Waals surface area contributed by atoms with E-state index >= 15 is 0 Å². The molecule has 6 heteroatoms. The molecule has 1 unspecified atom stereocenters. The summed E-state index contributed by atoms with van der Waals surface area (Å²) in [6.07, 6.45) is 0. The van der Waals surface area contributed by atoms with Gasteiger partial charge in [-0.3, -0.25) is 4.79 Å². The molecule has 0 aromatic heterocycles. The second-order valence-corrected chi connectivity index (χ2v) is 4.07. The number of rotatable bonds is 5. The van der Waals surface area contributed by atoms with Gasteiger partial charge < -0.3 is 15.4 Å². The summed E-state index contributed by atoms with van der Waals surface area (Å²) >= 11 is 0. The number of nitrogens with zero attached hydrogens (tertiary/aromatic N) is 1. The first kappa shape index (κ1) is 14.4. The summed E-state index contributed by atoms with van der Waals surface area (Å²) < 4.78 is 28.3. The largest absolute Gasteiger partial charge is 0.435 e. The lowest BCUT2D eigenvalue weighted by atomic mass is 10.2. The predicted octanol–water partition coefficient (Wildman–Crippen LogP) is 1.71. The monoisotopic (exact) mass is 258 g/mol. The molecule has 18 heavy (non-hydrogen) atoms. The number of carbonyl (C=O) groups excluding carboxylic acids is 1. The lowest BCUT2D eigenvalue weighted by Crippen LogP contribution is -2.36. The van der Waals surface area contributed by atoms with Crippen LogP contribution in [0.4, 0.5) is 8.78 Å². The van der Waals surface area contributed by atoms with Crippen molar-refractivity contribution in [2.24, 2.45) is 5.73 Å². The maximum atomic E-state index is 12.0. The molecule has 1 aromatic rings. The molecule has 1 aromatic carbocycles. The second-order valence-electron chi connectivity index (χ2n) is 4.07. The average molecular weight is 258 g/mol. The molecule has 0 fully saturated rings. The molecule has 0 bridgehead atoms. The summed E-state index contributed by atoms with van der Waals surface area (Å²) in [5, 5.41) is 0. The minimum atomic E-state index is -2.91. The molecule has 1 amide bonds. The highest BCUT2D eigenvalue weighted by molar-refractivity contribution is 5.94. The zero-order valence-corrected chi connectivity index (χ0v) is 10.3. The number of carbonyl (C=O) groups is 1. The van der Waals surface area contributed by atoms with Crippen LogP contribution in [-0.4, -0.2) is 37.1 Å². The number of likely N-dealkylation sites (N-methyl/N-ethyl adjacent to an activating group) is 1. The third-order valence-corrected chi connectivity index (χ3v) is 2.21. The number of ether oxygens (including phenoxy) is 1. The molecule has 2 N–H and O–H groups in total. The minimum Gasteiger partial charge on any atom is -0.435 e. The molecule has 0 saturated heterocycles. The van der Waals surface area contributed by atoms with Gasteiger partial charge in [-0.05, 0) is 25.1 Å². The van der Waals surface area contributed by atoms with Crippen molar-refractivity contribution in [3.05, 3.63) is 29.8 Å². The normalized spacial score (nSPS) is 12.3. The van der Waals surface area contributed by atoms with E-state index in [4.69, 9.17) is 5.73 Å². The van der Waals surface area contributed by atoms with Crippen LogP contribution in [0.5, 0.6) is 5.75 Å². The molecule has 0 heterocycles. The van der Waals surface area contributed by atoms with Crippen molar-refractivity contribution in [2.45, 2.75) is 19.6 Å². The number of benzene rings is 1. The highest BCUT2D eigenvalue weighted by Crippen LogP contribution is 2.16. The molecule has 1 rings (SSSR count). The molecule has 4 nitrogen and oxygen atoms in total. The van der Waals surface area contributed by atoms with Crippen LogP contribution in [0.2, 0.25) is 0 Å². The van der Waals surface area contributed by atoms with E-state index in [1.165, 1.54) is 23.1 Å². The summed E-state index contributed by atoms with van der Waals surface area (Å²) in [6.45, 7) is -0.740. The summed E-state index contributed by atoms with van der Waals surface area (Å²) in [5.74, 6) is -0.322. The first-order valence-corrected chi connectivity index (χ1v) is 5.46. The smallest absolute Gasteiger partial charge is 0.387 e. The van der Waals surface area contributed by atoms with Crippen molar-refractivity contribution in [3.63, 3.8) is 0 Å². The maximum Gasteiger partial charge on any atom is 0.387 e. The van der Waals surface area contributed by atoms with Gasteiger partial charge in [-0.15, -0.1) is 0 Å². The fourth-order valence-corrected chi connectivity index (χ4v) is 1.54. The van der Waals surface area contributed by atoms with Crippen molar-refractivity contribution in [3.8, 4) is 5.75 Å². The minimum absolute atomic E-state index is 0.0370. The van der Waals surface area contributed by atoms with Gasteiger partial charge in [-0.2, -0.15) is 8.78 Å². The van der Waals surface area contributed by atoms with Gasteiger partial charge in [0, 0.05) is 25.2 Å². The Hall–Kier alpha value is -1.69. The Bertz CT molecular complexity index is 411. The molecule has 0 aliphatic carbocycles. The van der Waals surface area contributed by atoms with E-state index in [0.29, 0.717) is 6.54 Å². The Balaban J connectivity index is 2.79. The highest BCUT2D eigenvalue weighted by Gasteiger charge is 2.14. The zero-order valence-electron chi connectivity index (χ0n) is 10.3. The predicted molar refractivity (Wildman–Crippen MR) is 63.7 cm³/mol. The van der Waals surface area contributed by atoms with Crippen molar-refractivity contribution in [2.75, 3.05) is 13.6 Å². The van der Waals surface area contributed by atoms with Crippen LogP contribution in [0.15, 0.2) is 24.3 Å². The van der Waals surface area contributed by atoms with Gasteiger partial charge in [0.25, 0.3) is 5.91 Å². The Morgan fingerprint density at radius 1 is 1.50 bits per heavy atom. The van der Waals surface area contributed by atoms with Crippen LogP contribution in [0.1, 0.15) is 17.3 Å². The fourth-order valence-electron chi connectivity index (χ4n) is 1.54. The maximum absolute atomic E-state index is 12.0. The Morgan fingerprint density at radius 3 is 2.72 bits per heavy atom. The molecular weight excluding hydrogens is 242 g/mol. The quantitative estimate of drug-likeness (QED) is 0.874. The van der Waals surface area contributed by atoms with Gasteiger partial charge in [-0.25, -0.2) is 0 Å². The highest BCUT2D eigenvalue weighted by atomic mass is 19.3. The van der Waals surface area contributed by atoms with E-state index in [-0.39, 0.29) is 23.3 Å². The van der Waals surface area contributed by atoms with E-state index in [0.717, 1.165) is 0 Å². The van der Waals surface area contributed by atoms with Gasteiger partial charge in [0.15, 0.2) is 0 Å². The van der Waals surface area contributed by atoms with Crippen LogP contribution in [-0.2, 0) is 0 Å². The van der Waals surface area contributed by atoms with Gasteiger partial charge >= 0.3 is 6.61 Å². The number of hydrogen-bond donors (Lipinski definition) is 1. The van der Waals surface area contributed by atoms with Crippen LogP contribution < -0.4 is 10.5 Å². The SMILES string of the molecule is CC(N)CN(C)C(=O)c1cccc(OC(F)F)c1. The first-order valence-electron chi connectivity index (χ1n) is 5.46. The molecule has 0 aliphatic rings. The second kappa shape index (κ2) is 6.30. The first-order chi connectivity index (χ1) is 8.40. The summed E-state index contributed by atoms with van der Waals surface area (Å²) in [6, 6.07) is 5.53. The van der Waals surface area contributed by atoms with Crippen LogP contribution >= 0.6 is 0 Å². The Morgan fingerprint density at radius 2 is 2.17 bits per heavy atom. The molecule has 100 valence electrons. The van der Waals surface area contributed by atoms with E-state index in [9.17, 15) is 13.6 Å². The topological polar surface area (TPSA) is 55.6 Å². The zero-order chi connectivity index (χ0) is 13.7. The van der Waals surface area contributed by atoms with Crippen LogP contribution in [0, 0.1) is 0 Å². The van der Waals surface area contributed by atoms with Crippen LogP contribution in [0.3, 0.4) is 0 Å². The van der Waals surface area contributed by atoms with E-state index in [2.05, 4.69) is 4.74 Å². The molecule has 1 atom stereocenters. The molecule has 0 radical (unpaired) electrons. The Kier molecular flexibility index (Phi) is 5.03. The third kappa shape index (κ3) is 4.29. The van der Waals surface area contributed by atoms with Crippen molar-refractivity contribution in [1.82, 2.24) is 4.90 Å². The van der Waals surface area contributed by atoms with E-state index < -0.39 is 6.61 Å². The lowest BCUT2D eigenvalue weighted by Gasteiger charge is -2.19. The number of nitrogens with two attached hydrogens (primary N) is 1. The summed E-state index contributed by atoms with van der Waals surface area (Å²) in [5.41, 5.74) is 5.88. The van der Waals surface area contributed by atoms with Gasteiger partial charge in [0.1, 0.15) is 5.75 Å². The molecule has 0 saturated carbocycles. The number of amides is 1. The number of halogens is 2. The fraction of sp³-hybridized carbons (Fsp3) is 0.417. The van der Waals surface area contributed by atoms with Crippen LogP contribution in [0.25, 0.3) is 0 Å². The number of alkyl halides is 2. The van der Waals surface area contributed by atoms with Gasteiger partial charge in [0.2, 0.25) is 0 Å². The molecular formula is C12H16F2N2O2. The van der Waals surface area contributed by atoms with Gasteiger partial charge in [0.05, 0.1) is 0 Å².